The molecule has 0 saturated carbocycles. The SMILES string of the molecule is CC.CC(C)C.CC(C)N1CCSC1=O. The van der Waals surface area contributed by atoms with Gasteiger partial charge in [-0.05, 0) is 19.8 Å². The lowest BCUT2D eigenvalue weighted by Gasteiger charge is -2.18. The molecule has 0 aromatic carbocycles. The molecule has 1 saturated heterocycles. The van der Waals surface area contributed by atoms with Crippen LogP contribution < -0.4 is 0 Å². The summed E-state index contributed by atoms with van der Waals surface area (Å²) in [7, 11) is 0. The summed E-state index contributed by atoms with van der Waals surface area (Å²) in [5.74, 6) is 1.80. The smallest absolute Gasteiger partial charge is 0.281 e. The van der Waals surface area contributed by atoms with Gasteiger partial charge in [0, 0.05) is 18.3 Å². The van der Waals surface area contributed by atoms with Gasteiger partial charge >= 0.3 is 0 Å². The van der Waals surface area contributed by atoms with E-state index in [1.165, 1.54) is 11.8 Å². The molecule has 1 fully saturated rings. The van der Waals surface area contributed by atoms with Crippen LogP contribution in [0.4, 0.5) is 4.79 Å². The summed E-state index contributed by atoms with van der Waals surface area (Å²) in [6.45, 7) is 15.5. The number of nitrogens with zero attached hydrogens (tertiary/aromatic N) is 1. The van der Waals surface area contributed by atoms with Gasteiger partial charge in [-0.1, -0.05) is 46.4 Å². The van der Waals surface area contributed by atoms with E-state index in [1.807, 2.05) is 32.6 Å². The molecule has 0 unspecified atom stereocenters. The summed E-state index contributed by atoms with van der Waals surface area (Å²) in [6, 6.07) is 0.382. The van der Waals surface area contributed by atoms with Crippen molar-refractivity contribution in [1.82, 2.24) is 4.90 Å². The molecule has 92 valence electrons. The lowest BCUT2D eigenvalue weighted by atomic mass is 10.3. The first-order valence-electron chi connectivity index (χ1n) is 5.88. The second-order valence-electron chi connectivity index (χ2n) is 4.13. The molecule has 2 nitrogen and oxygen atoms in total. The Morgan fingerprint density at radius 1 is 1.13 bits per heavy atom. The lowest BCUT2D eigenvalue weighted by Crippen LogP contribution is -2.30. The lowest BCUT2D eigenvalue weighted by molar-refractivity contribution is 0.217. The molecule has 1 amide bonds. The maximum Gasteiger partial charge on any atom is 0.281 e. The Morgan fingerprint density at radius 2 is 1.53 bits per heavy atom. The molecule has 0 aromatic heterocycles. The average Bonchev–Trinajstić information content (AvgIpc) is 2.54. The van der Waals surface area contributed by atoms with Crippen molar-refractivity contribution in [2.24, 2.45) is 5.92 Å². The molecule has 1 aliphatic rings. The van der Waals surface area contributed by atoms with Gasteiger partial charge in [0.2, 0.25) is 0 Å². The fraction of sp³-hybridized carbons (Fsp3) is 0.917. The van der Waals surface area contributed by atoms with Gasteiger partial charge in [-0.15, -0.1) is 0 Å². The van der Waals surface area contributed by atoms with Crippen LogP contribution in [0.25, 0.3) is 0 Å². The van der Waals surface area contributed by atoms with Crippen LogP contribution in [0.2, 0.25) is 0 Å². The quantitative estimate of drug-likeness (QED) is 0.675. The highest BCUT2D eigenvalue weighted by atomic mass is 32.2. The minimum absolute atomic E-state index is 0.241. The van der Waals surface area contributed by atoms with Crippen molar-refractivity contribution in [1.29, 1.82) is 0 Å². The number of thioether (sulfide) groups is 1. The van der Waals surface area contributed by atoms with Gasteiger partial charge in [-0.2, -0.15) is 0 Å². The fourth-order valence-corrected chi connectivity index (χ4v) is 1.81. The van der Waals surface area contributed by atoms with E-state index in [4.69, 9.17) is 0 Å². The van der Waals surface area contributed by atoms with Gasteiger partial charge in [0.15, 0.2) is 0 Å². The Bertz CT molecular complexity index is 155. The minimum Gasteiger partial charge on any atom is -0.330 e. The first kappa shape index (κ1) is 17.2. The van der Waals surface area contributed by atoms with Crippen molar-refractivity contribution in [2.75, 3.05) is 12.3 Å². The van der Waals surface area contributed by atoms with Crippen molar-refractivity contribution < 1.29 is 4.79 Å². The Balaban J connectivity index is 0. The highest BCUT2D eigenvalue weighted by molar-refractivity contribution is 8.13. The average molecular weight is 233 g/mol. The van der Waals surface area contributed by atoms with E-state index < -0.39 is 0 Å². The van der Waals surface area contributed by atoms with Crippen LogP contribution in [0.1, 0.15) is 48.5 Å². The topological polar surface area (TPSA) is 20.3 Å². The van der Waals surface area contributed by atoms with Crippen LogP contribution in [-0.2, 0) is 0 Å². The molecule has 0 radical (unpaired) electrons. The van der Waals surface area contributed by atoms with Crippen LogP contribution in [0, 0.1) is 5.92 Å². The van der Waals surface area contributed by atoms with E-state index in [0.717, 1.165) is 18.2 Å². The van der Waals surface area contributed by atoms with Crippen molar-refractivity contribution >= 4 is 17.0 Å². The van der Waals surface area contributed by atoms with Gasteiger partial charge in [0.1, 0.15) is 0 Å². The standard InChI is InChI=1S/C6H11NOS.C4H10.C2H6/c1-5(2)7-3-4-9-6(7)8;1-4(2)3;1-2/h5H,3-4H2,1-2H3;4H,1-3H3;1-2H3. The largest absolute Gasteiger partial charge is 0.330 e. The molecule has 0 atom stereocenters. The predicted molar refractivity (Wildman–Crippen MR) is 71.6 cm³/mol. The maximum absolute atomic E-state index is 10.9. The maximum atomic E-state index is 10.9. The Kier molecular flexibility index (Phi) is 11.9. The Labute approximate surface area is 99.8 Å². The van der Waals surface area contributed by atoms with Gasteiger partial charge in [-0.3, -0.25) is 4.79 Å². The third kappa shape index (κ3) is 10.1. The molecule has 0 aliphatic carbocycles. The zero-order valence-corrected chi connectivity index (χ0v) is 12.1. The molecule has 15 heavy (non-hydrogen) atoms. The molecule has 0 N–H and O–H groups in total. The molecule has 0 bridgehead atoms. The summed E-state index contributed by atoms with van der Waals surface area (Å²) in [6.07, 6.45) is 0. The molecule has 3 heteroatoms. The second-order valence-corrected chi connectivity index (χ2v) is 5.18. The van der Waals surface area contributed by atoms with Gasteiger partial charge < -0.3 is 4.90 Å². The van der Waals surface area contributed by atoms with Crippen LogP contribution in [-0.4, -0.2) is 28.5 Å². The molecular formula is C12H27NOS. The first-order valence-corrected chi connectivity index (χ1v) is 6.87. The minimum atomic E-state index is 0.241. The summed E-state index contributed by atoms with van der Waals surface area (Å²) >= 11 is 1.42. The molecule has 1 rings (SSSR count). The van der Waals surface area contributed by atoms with Crippen LogP contribution in [0.3, 0.4) is 0 Å². The summed E-state index contributed by atoms with van der Waals surface area (Å²) < 4.78 is 0. The Morgan fingerprint density at radius 3 is 1.67 bits per heavy atom. The molecule has 1 heterocycles. The van der Waals surface area contributed by atoms with Gasteiger partial charge in [0.25, 0.3) is 5.24 Å². The predicted octanol–water partition coefficient (Wildman–Crippen LogP) is 4.25. The number of carbonyl (C=O) groups excluding carboxylic acids is 1. The van der Waals surface area contributed by atoms with E-state index >= 15 is 0 Å². The molecule has 0 spiro atoms. The van der Waals surface area contributed by atoms with Crippen molar-refractivity contribution in [3.8, 4) is 0 Å². The summed E-state index contributed by atoms with van der Waals surface area (Å²) in [4.78, 5) is 12.8. The van der Waals surface area contributed by atoms with E-state index in [2.05, 4.69) is 20.8 Å². The van der Waals surface area contributed by atoms with E-state index in [-0.39, 0.29) is 5.24 Å². The molecule has 1 aliphatic heterocycles. The molecular weight excluding hydrogens is 206 g/mol. The van der Waals surface area contributed by atoms with Crippen LogP contribution >= 0.6 is 11.8 Å². The van der Waals surface area contributed by atoms with Crippen LogP contribution in [0.5, 0.6) is 0 Å². The summed E-state index contributed by atoms with van der Waals surface area (Å²) in [5.41, 5.74) is 0. The third-order valence-electron chi connectivity index (χ3n) is 1.42. The number of amides is 1. The molecule has 0 aromatic rings. The van der Waals surface area contributed by atoms with E-state index in [1.54, 1.807) is 0 Å². The summed E-state index contributed by atoms with van der Waals surface area (Å²) in [5, 5.41) is 0.241. The van der Waals surface area contributed by atoms with Gasteiger partial charge in [0.05, 0.1) is 0 Å². The zero-order chi connectivity index (χ0) is 12.4. The fourth-order valence-electron chi connectivity index (χ4n) is 0.875. The van der Waals surface area contributed by atoms with Gasteiger partial charge in [-0.25, -0.2) is 0 Å². The number of rotatable bonds is 1. The number of hydrogen-bond donors (Lipinski definition) is 0. The zero-order valence-electron chi connectivity index (χ0n) is 11.3. The van der Waals surface area contributed by atoms with Crippen molar-refractivity contribution in [2.45, 2.75) is 54.5 Å². The highest BCUT2D eigenvalue weighted by Crippen LogP contribution is 2.18. The normalized spacial score (nSPS) is 14.7. The third-order valence-corrected chi connectivity index (χ3v) is 2.28. The Hall–Kier alpha value is -0.180. The number of hydrogen-bond acceptors (Lipinski definition) is 2. The monoisotopic (exact) mass is 233 g/mol. The van der Waals surface area contributed by atoms with Crippen molar-refractivity contribution in [3.63, 3.8) is 0 Å². The number of carbonyl (C=O) groups is 1. The van der Waals surface area contributed by atoms with E-state index in [0.29, 0.717) is 6.04 Å². The van der Waals surface area contributed by atoms with Crippen LogP contribution in [0.15, 0.2) is 0 Å². The van der Waals surface area contributed by atoms with E-state index in [9.17, 15) is 4.79 Å². The highest BCUT2D eigenvalue weighted by Gasteiger charge is 2.22. The first-order chi connectivity index (χ1) is 6.95. The second kappa shape index (κ2) is 10.3. The van der Waals surface area contributed by atoms with Crippen molar-refractivity contribution in [3.05, 3.63) is 0 Å².